The summed E-state index contributed by atoms with van der Waals surface area (Å²) in [5, 5.41) is 17.4. The molecular formula is C26H32N4O4. The van der Waals surface area contributed by atoms with Crippen LogP contribution in [0.5, 0.6) is 0 Å². The number of carbonyl (C=O) groups excluding carboxylic acids is 2. The van der Waals surface area contributed by atoms with Gasteiger partial charge in [0.1, 0.15) is 11.5 Å². The van der Waals surface area contributed by atoms with Gasteiger partial charge in [-0.25, -0.2) is 4.98 Å². The normalized spacial score (nSPS) is 13.1. The predicted octanol–water partition coefficient (Wildman–Crippen LogP) is 3.79. The molecule has 1 aromatic heterocycles. The third-order valence-corrected chi connectivity index (χ3v) is 6.05. The summed E-state index contributed by atoms with van der Waals surface area (Å²) in [4.78, 5) is 44.3. The summed E-state index contributed by atoms with van der Waals surface area (Å²) in [6, 6.07) is 9.17. The average molecular weight is 465 g/mol. The highest BCUT2D eigenvalue weighted by Crippen LogP contribution is 2.33. The first-order chi connectivity index (χ1) is 15.9. The van der Waals surface area contributed by atoms with E-state index in [2.05, 4.69) is 4.98 Å². The number of pyridine rings is 1. The number of anilines is 1. The van der Waals surface area contributed by atoms with Crippen molar-refractivity contribution < 1.29 is 19.5 Å². The predicted molar refractivity (Wildman–Crippen MR) is 131 cm³/mol. The maximum absolute atomic E-state index is 13.2. The number of aliphatic carboxylic acids is 1. The summed E-state index contributed by atoms with van der Waals surface area (Å²) < 4.78 is 0. The zero-order valence-electron chi connectivity index (χ0n) is 20.4. The lowest BCUT2D eigenvalue weighted by Crippen LogP contribution is -2.31. The van der Waals surface area contributed by atoms with Crippen LogP contribution in [0.1, 0.15) is 73.4 Å². The minimum atomic E-state index is -1.02. The molecule has 1 aliphatic heterocycles. The molecule has 0 atom stereocenters. The van der Waals surface area contributed by atoms with Gasteiger partial charge < -0.3 is 14.9 Å². The topological polar surface area (TPSA) is 115 Å². The van der Waals surface area contributed by atoms with Crippen LogP contribution in [-0.4, -0.2) is 52.1 Å². The van der Waals surface area contributed by atoms with Gasteiger partial charge >= 0.3 is 5.97 Å². The van der Waals surface area contributed by atoms with E-state index in [1.165, 1.54) is 4.90 Å². The maximum Gasteiger partial charge on any atom is 0.303 e. The van der Waals surface area contributed by atoms with Crippen molar-refractivity contribution in [1.29, 1.82) is 5.41 Å². The van der Waals surface area contributed by atoms with Crippen molar-refractivity contribution in [3.8, 4) is 0 Å². The summed E-state index contributed by atoms with van der Waals surface area (Å²) in [7, 11) is 1.62. The van der Waals surface area contributed by atoms with Crippen molar-refractivity contribution in [2.24, 2.45) is 0 Å². The van der Waals surface area contributed by atoms with E-state index < -0.39 is 5.97 Å². The number of carboxylic acids is 1. The van der Waals surface area contributed by atoms with E-state index in [9.17, 15) is 14.4 Å². The van der Waals surface area contributed by atoms with Crippen molar-refractivity contribution in [3.63, 3.8) is 0 Å². The Bertz CT molecular complexity index is 1150. The molecule has 0 unspecified atom stereocenters. The Morgan fingerprint density at radius 2 is 1.85 bits per heavy atom. The Morgan fingerprint density at radius 1 is 1.15 bits per heavy atom. The number of ketones is 1. The van der Waals surface area contributed by atoms with Crippen LogP contribution in [0.4, 0.5) is 5.69 Å². The Labute approximate surface area is 200 Å². The zero-order valence-corrected chi connectivity index (χ0v) is 20.4. The third-order valence-electron chi connectivity index (χ3n) is 6.05. The van der Waals surface area contributed by atoms with Crippen LogP contribution in [0.3, 0.4) is 0 Å². The zero-order chi connectivity index (χ0) is 25.2. The number of rotatable bonds is 8. The quantitative estimate of drug-likeness (QED) is 0.575. The van der Waals surface area contributed by atoms with Gasteiger partial charge in [-0.05, 0) is 41.7 Å². The average Bonchev–Trinajstić information content (AvgIpc) is 3.10. The highest BCUT2D eigenvalue weighted by Gasteiger charge is 2.29. The molecule has 0 bridgehead atoms. The van der Waals surface area contributed by atoms with E-state index >= 15 is 0 Å². The van der Waals surface area contributed by atoms with Crippen molar-refractivity contribution in [2.75, 3.05) is 18.5 Å². The van der Waals surface area contributed by atoms with Gasteiger partial charge in [0.25, 0.3) is 0 Å². The highest BCUT2D eigenvalue weighted by molar-refractivity contribution is 6.05. The molecule has 0 radical (unpaired) electrons. The summed E-state index contributed by atoms with van der Waals surface area (Å²) in [5.74, 6) is -1.18. The fraction of sp³-hybridized carbons (Fsp3) is 0.423. The van der Waals surface area contributed by atoms with Crippen LogP contribution in [0.15, 0.2) is 30.3 Å². The number of hydrogen-bond donors (Lipinski definition) is 2. The van der Waals surface area contributed by atoms with Crippen LogP contribution in [0.2, 0.25) is 0 Å². The van der Waals surface area contributed by atoms with Crippen molar-refractivity contribution in [3.05, 3.63) is 58.4 Å². The van der Waals surface area contributed by atoms with Gasteiger partial charge in [-0.2, -0.15) is 0 Å². The molecule has 0 fully saturated rings. The number of fused-ring (bicyclic) bond motifs is 1. The SMILES string of the molecule is CCc1ccc2c(n1)C(=N)N(CC(=O)c1ccc(N(C)C(=O)CCC(=O)O)c(C(C)(C)C)c1)C2. The molecule has 3 rings (SSSR count). The number of aromatic nitrogens is 1. The number of carboxylic acid groups (broad SMARTS) is 1. The number of amides is 1. The Morgan fingerprint density at radius 3 is 2.47 bits per heavy atom. The van der Waals surface area contributed by atoms with Gasteiger partial charge in [0, 0.05) is 42.5 Å². The van der Waals surface area contributed by atoms with Crippen molar-refractivity contribution in [1.82, 2.24) is 9.88 Å². The number of hydrogen-bond acceptors (Lipinski definition) is 5. The molecule has 2 heterocycles. The van der Waals surface area contributed by atoms with Crippen LogP contribution >= 0.6 is 0 Å². The summed E-state index contributed by atoms with van der Waals surface area (Å²) in [6.07, 6.45) is 0.458. The first kappa shape index (κ1) is 25.1. The standard InChI is InChI=1S/C26H32N4O4/c1-6-18-9-7-17-14-30(25(27)24(17)28-18)15-21(31)16-8-10-20(19(13-16)26(2,3)4)29(5)22(32)11-12-23(33)34/h7-10,13,27H,6,11-12,14-15H2,1-5H3,(H,33,34). The largest absolute Gasteiger partial charge is 0.481 e. The number of carbonyl (C=O) groups is 3. The molecule has 1 amide bonds. The summed E-state index contributed by atoms with van der Waals surface area (Å²) in [5.41, 5.74) is 4.12. The number of aryl methyl sites for hydroxylation is 1. The number of amidine groups is 1. The minimum absolute atomic E-state index is 0.0625. The number of Topliss-reactive ketones (excluding diaryl/α,β-unsaturated/α-hetero) is 1. The Balaban J connectivity index is 1.82. The fourth-order valence-corrected chi connectivity index (χ4v) is 4.01. The monoisotopic (exact) mass is 464 g/mol. The molecule has 1 aromatic carbocycles. The summed E-state index contributed by atoms with van der Waals surface area (Å²) in [6.45, 7) is 8.55. The molecule has 8 heteroatoms. The second-order valence-electron chi connectivity index (χ2n) is 9.62. The second-order valence-corrected chi connectivity index (χ2v) is 9.62. The van der Waals surface area contributed by atoms with Crippen molar-refractivity contribution >= 4 is 29.2 Å². The van der Waals surface area contributed by atoms with Crippen LogP contribution < -0.4 is 4.90 Å². The molecule has 0 saturated heterocycles. The molecule has 0 spiro atoms. The Hall–Kier alpha value is -3.55. The van der Waals surface area contributed by atoms with Gasteiger partial charge in [-0.1, -0.05) is 33.8 Å². The van der Waals surface area contributed by atoms with Gasteiger partial charge in [-0.3, -0.25) is 19.8 Å². The van der Waals surface area contributed by atoms with Gasteiger partial charge in [0.2, 0.25) is 5.91 Å². The van der Waals surface area contributed by atoms with E-state index in [4.69, 9.17) is 10.5 Å². The van der Waals surface area contributed by atoms with Gasteiger partial charge in [-0.15, -0.1) is 0 Å². The summed E-state index contributed by atoms with van der Waals surface area (Å²) >= 11 is 0. The molecule has 0 aliphatic carbocycles. The first-order valence-electron chi connectivity index (χ1n) is 11.4. The molecule has 2 N–H and O–H groups in total. The van der Waals surface area contributed by atoms with Crippen LogP contribution in [0.25, 0.3) is 0 Å². The molecule has 34 heavy (non-hydrogen) atoms. The van der Waals surface area contributed by atoms with E-state index in [0.717, 1.165) is 23.2 Å². The fourth-order valence-electron chi connectivity index (χ4n) is 4.01. The lowest BCUT2D eigenvalue weighted by atomic mass is 9.84. The number of nitrogens with zero attached hydrogens (tertiary/aromatic N) is 3. The van der Waals surface area contributed by atoms with Crippen LogP contribution in [-0.2, 0) is 28.0 Å². The van der Waals surface area contributed by atoms with E-state index in [1.807, 2.05) is 39.8 Å². The van der Waals surface area contributed by atoms with Crippen molar-refractivity contribution in [2.45, 2.75) is 58.9 Å². The molecule has 0 saturated carbocycles. The molecule has 2 aromatic rings. The molecule has 1 aliphatic rings. The van der Waals surface area contributed by atoms with E-state index in [1.54, 1.807) is 30.1 Å². The maximum atomic E-state index is 13.2. The Kier molecular flexibility index (Phi) is 7.19. The molecule has 8 nitrogen and oxygen atoms in total. The first-order valence-corrected chi connectivity index (χ1v) is 11.4. The van der Waals surface area contributed by atoms with Gasteiger partial charge in [0.05, 0.1) is 13.0 Å². The third kappa shape index (κ3) is 5.32. The molecular weight excluding hydrogens is 432 g/mol. The van der Waals surface area contributed by atoms with E-state index in [-0.39, 0.29) is 42.3 Å². The van der Waals surface area contributed by atoms with Gasteiger partial charge in [0.15, 0.2) is 5.78 Å². The minimum Gasteiger partial charge on any atom is -0.481 e. The molecule has 180 valence electrons. The van der Waals surface area contributed by atoms with E-state index in [0.29, 0.717) is 23.5 Å². The lowest BCUT2D eigenvalue weighted by molar-refractivity contribution is -0.138. The number of nitrogens with one attached hydrogen (secondary N) is 1. The van der Waals surface area contributed by atoms with Crippen LogP contribution in [0, 0.1) is 5.41 Å². The highest BCUT2D eigenvalue weighted by atomic mass is 16.4. The number of benzene rings is 1. The smallest absolute Gasteiger partial charge is 0.303 e. The lowest BCUT2D eigenvalue weighted by Gasteiger charge is -2.28. The second kappa shape index (κ2) is 9.75.